The summed E-state index contributed by atoms with van der Waals surface area (Å²) in [4.78, 5) is 26.9. The molecule has 0 aliphatic carbocycles. The molecule has 3 N–H and O–H groups in total. The van der Waals surface area contributed by atoms with Gasteiger partial charge in [0.15, 0.2) is 0 Å². The van der Waals surface area contributed by atoms with Crippen LogP contribution in [0.15, 0.2) is 72.8 Å². The highest BCUT2D eigenvalue weighted by Gasteiger charge is 2.48. The standard InChI is InChI=1S/C32H34F2N2O8S/c33-24-7-5-22(6-8-24)28(37)14-13-27-30(36(31(27)39)26-11-9-25(34)10-12-26)23-3-1-21(2-4-23)15-16-32(18-43-19-32)44-17-29(38)35-20-45(40,41)42/h1-12,27-28,30,37H,13-20H2,(H,35,38)(H,40,41,42)/t27-,28?,30-/m1/s1. The summed E-state index contributed by atoms with van der Waals surface area (Å²) in [6.07, 6.45) is 0.950. The molecule has 0 radical (unpaired) electrons. The second-order valence-corrected chi connectivity index (χ2v) is 12.9. The van der Waals surface area contributed by atoms with E-state index in [0.29, 0.717) is 36.9 Å². The Labute approximate surface area is 259 Å². The zero-order chi connectivity index (χ0) is 32.2. The van der Waals surface area contributed by atoms with Crippen LogP contribution in [-0.2, 0) is 35.6 Å². The number of hydrogen-bond donors (Lipinski definition) is 3. The third-order valence-electron chi connectivity index (χ3n) is 8.21. The Bertz CT molecular complexity index is 1600. The molecule has 2 amide bonds. The Morgan fingerprint density at radius 2 is 1.64 bits per heavy atom. The van der Waals surface area contributed by atoms with E-state index < -0.39 is 51.2 Å². The van der Waals surface area contributed by atoms with Crippen molar-refractivity contribution in [2.24, 2.45) is 5.92 Å². The zero-order valence-electron chi connectivity index (χ0n) is 24.3. The number of hydrogen-bond acceptors (Lipinski definition) is 7. The molecule has 3 atom stereocenters. The van der Waals surface area contributed by atoms with Gasteiger partial charge in [-0.1, -0.05) is 36.4 Å². The maximum absolute atomic E-state index is 13.6. The molecule has 13 heteroatoms. The number of aliphatic hydroxyl groups excluding tert-OH is 1. The molecule has 1 unspecified atom stereocenters. The molecule has 0 bridgehead atoms. The van der Waals surface area contributed by atoms with Gasteiger partial charge in [-0.25, -0.2) is 8.78 Å². The van der Waals surface area contributed by atoms with E-state index in [0.717, 1.165) is 11.1 Å². The SMILES string of the molecule is O=C(COC1(CCc2ccc([C@@H]3[C@@H](CCC(O)c4ccc(F)cc4)C(=O)N3c3ccc(F)cc3)cc2)COC1)NCS(=O)(=O)O. The lowest BCUT2D eigenvalue weighted by molar-refractivity contribution is -0.212. The van der Waals surface area contributed by atoms with Gasteiger partial charge < -0.3 is 24.8 Å². The predicted molar refractivity (Wildman–Crippen MR) is 160 cm³/mol. The fourth-order valence-electron chi connectivity index (χ4n) is 5.61. The first kappa shape index (κ1) is 32.6. The molecular formula is C32H34F2N2O8S. The maximum atomic E-state index is 13.6. The number of aryl methyl sites for hydroxylation is 1. The largest absolute Gasteiger partial charge is 0.388 e. The molecule has 2 fully saturated rings. The second kappa shape index (κ2) is 13.7. The Kier molecular flexibility index (Phi) is 9.94. The van der Waals surface area contributed by atoms with Crippen molar-refractivity contribution >= 4 is 27.6 Å². The minimum Gasteiger partial charge on any atom is -0.388 e. The molecular weight excluding hydrogens is 610 g/mol. The predicted octanol–water partition coefficient (Wildman–Crippen LogP) is 3.86. The fraction of sp³-hybridized carbons (Fsp3) is 0.375. The molecule has 10 nitrogen and oxygen atoms in total. The molecule has 45 heavy (non-hydrogen) atoms. The number of carbonyl (C=O) groups is 2. The minimum absolute atomic E-state index is 0.133. The summed E-state index contributed by atoms with van der Waals surface area (Å²) in [6.45, 7) is 0.169. The molecule has 3 aromatic rings. The summed E-state index contributed by atoms with van der Waals surface area (Å²) in [5.41, 5.74) is 2.28. The summed E-state index contributed by atoms with van der Waals surface area (Å²) < 4.78 is 68.5. The van der Waals surface area contributed by atoms with Gasteiger partial charge in [-0.2, -0.15) is 8.42 Å². The average Bonchev–Trinajstić information content (AvgIpc) is 2.99. The first-order valence-electron chi connectivity index (χ1n) is 14.5. The van der Waals surface area contributed by atoms with Crippen LogP contribution < -0.4 is 10.2 Å². The normalized spacial score (nSPS) is 19.8. The molecule has 5 rings (SSSR count). The lowest BCUT2D eigenvalue weighted by Crippen LogP contribution is -2.55. The average molecular weight is 645 g/mol. The Hall–Kier alpha value is -3.75. The van der Waals surface area contributed by atoms with Gasteiger partial charge in [0.25, 0.3) is 10.1 Å². The molecule has 3 aromatic carbocycles. The van der Waals surface area contributed by atoms with E-state index in [2.05, 4.69) is 5.32 Å². The molecule has 2 heterocycles. The highest BCUT2D eigenvalue weighted by molar-refractivity contribution is 7.85. The number of halogens is 2. The maximum Gasteiger partial charge on any atom is 0.283 e. The first-order chi connectivity index (χ1) is 21.4. The molecule has 2 saturated heterocycles. The van der Waals surface area contributed by atoms with Crippen LogP contribution >= 0.6 is 0 Å². The molecule has 0 spiro atoms. The van der Waals surface area contributed by atoms with E-state index >= 15 is 0 Å². The number of nitrogens with zero attached hydrogens (tertiary/aromatic N) is 1. The van der Waals surface area contributed by atoms with Crippen LogP contribution in [0.2, 0.25) is 0 Å². The van der Waals surface area contributed by atoms with Crippen LogP contribution in [0.5, 0.6) is 0 Å². The van der Waals surface area contributed by atoms with Crippen molar-refractivity contribution in [3.05, 3.63) is 101 Å². The monoisotopic (exact) mass is 644 g/mol. The van der Waals surface area contributed by atoms with Crippen molar-refractivity contribution in [3.8, 4) is 0 Å². The smallest absolute Gasteiger partial charge is 0.283 e. The quantitative estimate of drug-likeness (QED) is 0.178. The van der Waals surface area contributed by atoms with Gasteiger partial charge in [0.2, 0.25) is 11.8 Å². The van der Waals surface area contributed by atoms with Gasteiger partial charge in [0.05, 0.1) is 31.3 Å². The minimum atomic E-state index is -4.34. The molecule has 0 aromatic heterocycles. The van der Waals surface area contributed by atoms with Crippen molar-refractivity contribution in [3.63, 3.8) is 0 Å². The van der Waals surface area contributed by atoms with Gasteiger partial charge in [-0.05, 0) is 78.8 Å². The van der Waals surface area contributed by atoms with Gasteiger partial charge >= 0.3 is 0 Å². The molecule has 2 aliphatic heterocycles. The Morgan fingerprint density at radius 1 is 1.02 bits per heavy atom. The van der Waals surface area contributed by atoms with Crippen LogP contribution in [0.25, 0.3) is 0 Å². The first-order valence-corrected chi connectivity index (χ1v) is 16.1. The highest BCUT2D eigenvalue weighted by atomic mass is 32.2. The second-order valence-electron chi connectivity index (χ2n) is 11.4. The number of anilines is 1. The highest BCUT2D eigenvalue weighted by Crippen LogP contribution is 2.46. The molecule has 240 valence electrons. The fourth-order valence-corrected chi connectivity index (χ4v) is 5.96. The number of nitrogens with one attached hydrogen (secondary N) is 1. The topological polar surface area (TPSA) is 142 Å². The molecule has 2 aliphatic rings. The van der Waals surface area contributed by atoms with Crippen LogP contribution in [-0.4, -0.2) is 61.2 Å². The van der Waals surface area contributed by atoms with Gasteiger partial charge in [-0.3, -0.25) is 14.1 Å². The summed E-state index contributed by atoms with van der Waals surface area (Å²) in [5, 5.41) is 12.8. The number of rotatable bonds is 14. The van der Waals surface area contributed by atoms with E-state index in [4.69, 9.17) is 14.0 Å². The van der Waals surface area contributed by atoms with E-state index in [1.807, 2.05) is 24.3 Å². The van der Waals surface area contributed by atoms with Crippen LogP contribution in [0.3, 0.4) is 0 Å². The van der Waals surface area contributed by atoms with Crippen molar-refractivity contribution in [1.82, 2.24) is 5.32 Å². The number of aliphatic hydroxyl groups is 1. The van der Waals surface area contributed by atoms with E-state index in [-0.39, 0.29) is 31.8 Å². The van der Waals surface area contributed by atoms with Gasteiger partial charge in [0, 0.05) is 5.69 Å². The zero-order valence-corrected chi connectivity index (χ0v) is 25.1. The number of carbonyl (C=O) groups excluding carboxylic acids is 2. The number of benzene rings is 3. The summed E-state index contributed by atoms with van der Waals surface area (Å²) in [6, 6.07) is 18.7. The van der Waals surface area contributed by atoms with E-state index in [9.17, 15) is 31.9 Å². The lowest BCUT2D eigenvalue weighted by atomic mass is 9.78. The summed E-state index contributed by atoms with van der Waals surface area (Å²) in [5.74, 6) is -2.94. The summed E-state index contributed by atoms with van der Waals surface area (Å²) in [7, 11) is -4.34. The van der Waals surface area contributed by atoms with Crippen molar-refractivity contribution in [2.75, 3.05) is 30.6 Å². The summed E-state index contributed by atoms with van der Waals surface area (Å²) >= 11 is 0. The van der Waals surface area contributed by atoms with Gasteiger partial charge in [-0.15, -0.1) is 0 Å². The number of β-lactam (4-membered cyclic amide) rings is 1. The van der Waals surface area contributed by atoms with Crippen molar-refractivity contribution < 1.29 is 45.9 Å². The van der Waals surface area contributed by atoms with Crippen molar-refractivity contribution in [2.45, 2.75) is 43.4 Å². The Morgan fingerprint density at radius 3 is 2.22 bits per heavy atom. The number of ether oxygens (including phenoxy) is 2. The molecule has 0 saturated carbocycles. The van der Waals surface area contributed by atoms with E-state index in [1.165, 1.54) is 36.4 Å². The van der Waals surface area contributed by atoms with Gasteiger partial charge in [0.1, 0.15) is 29.7 Å². The Balaban J connectivity index is 1.23. The van der Waals surface area contributed by atoms with Crippen LogP contribution in [0.1, 0.15) is 48.1 Å². The third kappa shape index (κ3) is 8.10. The van der Waals surface area contributed by atoms with Crippen molar-refractivity contribution in [1.29, 1.82) is 0 Å². The van der Waals surface area contributed by atoms with Crippen LogP contribution in [0.4, 0.5) is 14.5 Å². The van der Waals surface area contributed by atoms with Crippen LogP contribution in [0, 0.1) is 17.6 Å². The van der Waals surface area contributed by atoms with E-state index in [1.54, 1.807) is 17.0 Å². The lowest BCUT2D eigenvalue weighted by Gasteiger charge is -2.48. The third-order valence-corrected chi connectivity index (χ3v) is 8.72. The number of amides is 2.